The van der Waals surface area contributed by atoms with Crippen LogP contribution in [0.1, 0.15) is 11.1 Å². The second-order valence-corrected chi connectivity index (χ2v) is 4.39. The third kappa shape index (κ3) is 3.93. The monoisotopic (exact) mass is 296 g/mol. The quantitative estimate of drug-likeness (QED) is 0.473. The van der Waals surface area contributed by atoms with Gasteiger partial charge in [0, 0.05) is 6.07 Å². The molecule has 0 bridgehead atoms. The summed E-state index contributed by atoms with van der Waals surface area (Å²) in [6.07, 6.45) is 6.29. The Bertz CT molecular complexity index is 689. The molecule has 0 radical (unpaired) electrons. The van der Waals surface area contributed by atoms with Crippen molar-refractivity contribution in [3.63, 3.8) is 0 Å². The zero-order valence-electron chi connectivity index (χ0n) is 11.9. The van der Waals surface area contributed by atoms with Crippen LogP contribution in [-0.2, 0) is 0 Å². The summed E-state index contributed by atoms with van der Waals surface area (Å²) in [4.78, 5) is 0. The summed E-state index contributed by atoms with van der Waals surface area (Å²) in [5, 5.41) is 18.8. The molecule has 0 atom stereocenters. The van der Waals surface area contributed by atoms with E-state index in [0.29, 0.717) is 11.5 Å². The maximum atomic E-state index is 9.48. The average molecular weight is 296 g/mol. The van der Waals surface area contributed by atoms with Gasteiger partial charge in [-0.1, -0.05) is 31.4 Å². The van der Waals surface area contributed by atoms with Gasteiger partial charge < -0.3 is 19.7 Å². The third-order valence-corrected chi connectivity index (χ3v) is 2.81. The van der Waals surface area contributed by atoms with Crippen LogP contribution in [0, 0.1) is 0 Å². The highest BCUT2D eigenvalue weighted by Gasteiger charge is 2.01. The van der Waals surface area contributed by atoms with Gasteiger partial charge in [-0.3, -0.25) is 0 Å². The zero-order chi connectivity index (χ0) is 15.9. The molecule has 0 aliphatic heterocycles. The van der Waals surface area contributed by atoms with E-state index >= 15 is 0 Å². The first-order valence-electron chi connectivity index (χ1n) is 6.52. The van der Waals surface area contributed by atoms with Crippen molar-refractivity contribution in [3.05, 3.63) is 73.2 Å². The van der Waals surface area contributed by atoms with Gasteiger partial charge in [-0.15, -0.1) is 0 Å². The van der Waals surface area contributed by atoms with Crippen LogP contribution in [0.5, 0.6) is 23.0 Å². The summed E-state index contributed by atoms with van der Waals surface area (Å²) in [6, 6.07) is 9.93. The molecule has 0 heterocycles. The van der Waals surface area contributed by atoms with Crippen molar-refractivity contribution in [2.24, 2.45) is 0 Å². The summed E-state index contributed by atoms with van der Waals surface area (Å²) in [5.41, 5.74) is 1.58. The van der Waals surface area contributed by atoms with E-state index < -0.39 is 0 Å². The van der Waals surface area contributed by atoms with Gasteiger partial charge >= 0.3 is 0 Å². The van der Waals surface area contributed by atoms with Crippen molar-refractivity contribution in [2.45, 2.75) is 0 Å². The molecular formula is C18H16O4. The number of hydrogen-bond acceptors (Lipinski definition) is 4. The summed E-state index contributed by atoms with van der Waals surface area (Å²) in [7, 11) is 0. The molecule has 0 aromatic heterocycles. The molecule has 112 valence electrons. The molecule has 4 heteroatoms. The molecule has 22 heavy (non-hydrogen) atoms. The van der Waals surface area contributed by atoms with Gasteiger partial charge in [0.15, 0.2) is 11.5 Å². The smallest absolute Gasteiger partial charge is 0.157 e. The van der Waals surface area contributed by atoms with Gasteiger partial charge in [0.25, 0.3) is 0 Å². The Kier molecular flexibility index (Phi) is 4.88. The predicted octanol–water partition coefficient (Wildman–Crippen LogP) is 4.31. The molecule has 0 aliphatic rings. The first kappa shape index (κ1) is 15.3. The number of rotatable bonds is 6. The van der Waals surface area contributed by atoms with Gasteiger partial charge in [-0.25, -0.2) is 0 Å². The Labute approximate surface area is 128 Å². The van der Waals surface area contributed by atoms with Crippen molar-refractivity contribution >= 4 is 12.2 Å². The molecule has 0 spiro atoms. The molecule has 0 saturated carbocycles. The highest BCUT2D eigenvalue weighted by molar-refractivity contribution is 5.72. The minimum atomic E-state index is -0.165. The van der Waals surface area contributed by atoms with Gasteiger partial charge in [0.2, 0.25) is 0 Å². The van der Waals surface area contributed by atoms with E-state index in [-0.39, 0.29) is 11.5 Å². The first-order chi connectivity index (χ1) is 10.6. The van der Waals surface area contributed by atoms with E-state index in [1.165, 1.54) is 24.7 Å². The number of phenolic OH excluding ortho intramolecular Hbond substituents is 2. The fraction of sp³-hybridized carbons (Fsp3) is 0. The van der Waals surface area contributed by atoms with Gasteiger partial charge in [-0.05, 0) is 35.4 Å². The molecule has 2 N–H and O–H groups in total. The number of ether oxygens (including phenoxy) is 2. The highest BCUT2D eigenvalue weighted by atomic mass is 16.5. The van der Waals surface area contributed by atoms with E-state index in [1.54, 1.807) is 18.2 Å². The second-order valence-electron chi connectivity index (χ2n) is 4.39. The molecule has 0 unspecified atom stereocenters. The largest absolute Gasteiger partial charge is 0.504 e. The third-order valence-electron chi connectivity index (χ3n) is 2.81. The van der Waals surface area contributed by atoms with Crippen LogP contribution in [0.2, 0.25) is 0 Å². The van der Waals surface area contributed by atoms with Crippen LogP contribution in [0.3, 0.4) is 0 Å². The maximum Gasteiger partial charge on any atom is 0.157 e. The fourth-order valence-corrected chi connectivity index (χ4v) is 1.86. The minimum Gasteiger partial charge on any atom is -0.504 e. The topological polar surface area (TPSA) is 58.9 Å². The van der Waals surface area contributed by atoms with Crippen molar-refractivity contribution in [3.8, 4) is 23.0 Å². The normalized spacial score (nSPS) is 10.4. The highest BCUT2D eigenvalue weighted by Crippen LogP contribution is 2.27. The lowest BCUT2D eigenvalue weighted by molar-refractivity contribution is 0.403. The Morgan fingerprint density at radius 1 is 0.727 bits per heavy atom. The van der Waals surface area contributed by atoms with E-state index in [4.69, 9.17) is 9.47 Å². The van der Waals surface area contributed by atoms with Crippen molar-refractivity contribution in [1.82, 2.24) is 0 Å². The van der Waals surface area contributed by atoms with Crippen molar-refractivity contribution in [1.29, 1.82) is 0 Å². The van der Waals surface area contributed by atoms with Crippen LogP contribution in [0.4, 0.5) is 0 Å². The summed E-state index contributed by atoms with van der Waals surface area (Å²) >= 11 is 0. The minimum absolute atomic E-state index is 0.153. The molecule has 0 aliphatic carbocycles. The summed E-state index contributed by atoms with van der Waals surface area (Å²) in [6.45, 7) is 7.04. The lowest BCUT2D eigenvalue weighted by atomic mass is 10.1. The molecular weight excluding hydrogens is 280 g/mol. The molecule has 2 aromatic carbocycles. The van der Waals surface area contributed by atoms with E-state index in [2.05, 4.69) is 13.2 Å². The average Bonchev–Trinajstić information content (AvgIpc) is 2.49. The van der Waals surface area contributed by atoms with E-state index in [9.17, 15) is 10.2 Å². The fourth-order valence-electron chi connectivity index (χ4n) is 1.86. The second kappa shape index (κ2) is 7.04. The lowest BCUT2D eigenvalue weighted by Crippen LogP contribution is -1.86. The van der Waals surface area contributed by atoms with E-state index in [1.807, 2.05) is 18.2 Å². The molecule has 0 saturated heterocycles. The number of hydrogen-bond donors (Lipinski definition) is 2. The standard InChI is InChI=1S/C18H16O4/c1-3-21-15-9-14(10-16(12-15)22-4-2)6-5-13-7-8-17(19)18(20)11-13/h3-12,19-20H,1-2H2/b6-5+. The maximum absolute atomic E-state index is 9.48. The van der Waals surface area contributed by atoms with Gasteiger partial charge in [-0.2, -0.15) is 0 Å². The SMILES string of the molecule is C=COc1cc(/C=C/c2ccc(O)c(O)c2)cc(OC=C)c1. The molecule has 0 fully saturated rings. The van der Waals surface area contributed by atoms with Crippen LogP contribution in [0.25, 0.3) is 12.2 Å². The van der Waals surface area contributed by atoms with Crippen LogP contribution >= 0.6 is 0 Å². The number of aromatic hydroxyl groups is 2. The molecule has 2 rings (SSSR count). The number of phenols is 2. The Balaban J connectivity index is 2.30. The molecule has 4 nitrogen and oxygen atoms in total. The van der Waals surface area contributed by atoms with Crippen LogP contribution in [-0.4, -0.2) is 10.2 Å². The lowest BCUT2D eigenvalue weighted by Gasteiger charge is -2.06. The van der Waals surface area contributed by atoms with Gasteiger partial charge in [0.1, 0.15) is 11.5 Å². The summed E-state index contributed by atoms with van der Waals surface area (Å²) < 4.78 is 10.5. The Morgan fingerprint density at radius 3 is 1.86 bits per heavy atom. The number of benzene rings is 2. The first-order valence-corrected chi connectivity index (χ1v) is 6.52. The Morgan fingerprint density at radius 2 is 1.32 bits per heavy atom. The molecule has 2 aromatic rings. The Hall–Kier alpha value is -3.14. The molecule has 0 amide bonds. The van der Waals surface area contributed by atoms with Crippen LogP contribution < -0.4 is 9.47 Å². The van der Waals surface area contributed by atoms with E-state index in [0.717, 1.165) is 11.1 Å². The van der Waals surface area contributed by atoms with Gasteiger partial charge in [0.05, 0.1) is 12.5 Å². The summed E-state index contributed by atoms with van der Waals surface area (Å²) in [5.74, 6) is 0.854. The van der Waals surface area contributed by atoms with Crippen molar-refractivity contribution < 1.29 is 19.7 Å². The van der Waals surface area contributed by atoms with Crippen LogP contribution in [0.15, 0.2) is 62.1 Å². The van der Waals surface area contributed by atoms with Crippen molar-refractivity contribution in [2.75, 3.05) is 0 Å². The zero-order valence-corrected chi connectivity index (χ0v) is 11.9. The predicted molar refractivity (Wildman–Crippen MR) is 86.8 cm³/mol.